The van der Waals surface area contributed by atoms with Crippen LogP contribution in [0.5, 0.6) is 11.5 Å². The SMILES string of the molecule is COc1ccc(OC)c(S(=O)(=O)NCCCN(C)Cc2ccccc2)c1. The Balaban J connectivity index is 1.88. The summed E-state index contributed by atoms with van der Waals surface area (Å²) in [4.78, 5) is 2.24. The second-order valence-corrected chi connectivity index (χ2v) is 7.73. The van der Waals surface area contributed by atoms with Crippen molar-refractivity contribution in [2.24, 2.45) is 0 Å². The molecule has 0 aliphatic carbocycles. The molecule has 7 heteroatoms. The van der Waals surface area contributed by atoms with E-state index in [9.17, 15) is 8.42 Å². The summed E-state index contributed by atoms with van der Waals surface area (Å²) in [5.41, 5.74) is 1.23. The zero-order valence-electron chi connectivity index (χ0n) is 15.4. The molecule has 0 aromatic heterocycles. The van der Waals surface area contributed by atoms with Gasteiger partial charge >= 0.3 is 0 Å². The quantitative estimate of drug-likeness (QED) is 0.644. The maximum atomic E-state index is 12.6. The van der Waals surface area contributed by atoms with E-state index in [0.717, 1.165) is 13.1 Å². The van der Waals surface area contributed by atoms with Gasteiger partial charge < -0.3 is 14.4 Å². The second kappa shape index (κ2) is 9.56. The molecule has 0 heterocycles. The molecule has 0 amide bonds. The maximum Gasteiger partial charge on any atom is 0.244 e. The van der Waals surface area contributed by atoms with Crippen molar-refractivity contribution >= 4 is 10.0 Å². The van der Waals surface area contributed by atoms with Crippen molar-refractivity contribution in [3.63, 3.8) is 0 Å². The van der Waals surface area contributed by atoms with Crippen LogP contribution in [0.1, 0.15) is 12.0 Å². The molecule has 2 rings (SSSR count). The zero-order chi connectivity index (χ0) is 19.0. The maximum absolute atomic E-state index is 12.6. The van der Waals surface area contributed by atoms with Crippen LogP contribution in [0.3, 0.4) is 0 Å². The Kier molecular flexibility index (Phi) is 7.44. The summed E-state index contributed by atoms with van der Waals surface area (Å²) < 4.78 is 38.0. The minimum absolute atomic E-state index is 0.0805. The zero-order valence-corrected chi connectivity index (χ0v) is 16.3. The van der Waals surface area contributed by atoms with E-state index in [4.69, 9.17) is 9.47 Å². The predicted molar refractivity (Wildman–Crippen MR) is 102 cm³/mol. The molecule has 0 unspecified atom stereocenters. The van der Waals surface area contributed by atoms with Gasteiger partial charge in [-0.25, -0.2) is 13.1 Å². The Bertz CT molecular complexity index is 794. The molecule has 0 atom stereocenters. The topological polar surface area (TPSA) is 67.9 Å². The lowest BCUT2D eigenvalue weighted by Crippen LogP contribution is -2.28. The van der Waals surface area contributed by atoms with Crippen molar-refractivity contribution in [2.45, 2.75) is 17.9 Å². The Morgan fingerprint density at radius 3 is 2.42 bits per heavy atom. The molecule has 6 nitrogen and oxygen atoms in total. The average molecular weight is 378 g/mol. The number of nitrogens with zero attached hydrogens (tertiary/aromatic N) is 1. The molecule has 26 heavy (non-hydrogen) atoms. The van der Waals surface area contributed by atoms with Crippen molar-refractivity contribution in [3.8, 4) is 11.5 Å². The van der Waals surface area contributed by atoms with E-state index in [-0.39, 0.29) is 4.90 Å². The summed E-state index contributed by atoms with van der Waals surface area (Å²) in [7, 11) is 1.29. The third kappa shape index (κ3) is 5.72. The summed E-state index contributed by atoms with van der Waals surface area (Å²) >= 11 is 0. The van der Waals surface area contributed by atoms with Crippen molar-refractivity contribution in [1.29, 1.82) is 0 Å². The summed E-state index contributed by atoms with van der Waals surface area (Å²) in [6.45, 7) is 1.96. The highest BCUT2D eigenvalue weighted by molar-refractivity contribution is 7.89. The van der Waals surface area contributed by atoms with Crippen LogP contribution in [-0.4, -0.2) is 47.7 Å². The fraction of sp³-hybridized carbons (Fsp3) is 0.368. The third-order valence-electron chi connectivity index (χ3n) is 3.96. The molecule has 0 aliphatic rings. The highest BCUT2D eigenvalue weighted by Gasteiger charge is 2.20. The fourth-order valence-electron chi connectivity index (χ4n) is 2.60. The summed E-state index contributed by atoms with van der Waals surface area (Å²) in [5, 5.41) is 0. The van der Waals surface area contributed by atoms with E-state index in [1.54, 1.807) is 12.1 Å². The van der Waals surface area contributed by atoms with Crippen LogP contribution < -0.4 is 14.2 Å². The lowest BCUT2D eigenvalue weighted by atomic mass is 10.2. The van der Waals surface area contributed by atoms with Gasteiger partial charge in [-0.3, -0.25) is 0 Å². The predicted octanol–water partition coefficient (Wildman–Crippen LogP) is 2.50. The van der Waals surface area contributed by atoms with E-state index >= 15 is 0 Å². The number of benzene rings is 2. The molecule has 0 radical (unpaired) electrons. The minimum atomic E-state index is -3.67. The summed E-state index contributed by atoms with van der Waals surface area (Å²) in [6, 6.07) is 14.9. The second-order valence-electron chi connectivity index (χ2n) is 5.99. The molecule has 0 spiro atoms. The van der Waals surface area contributed by atoms with Gasteiger partial charge in [-0.15, -0.1) is 0 Å². The Morgan fingerprint density at radius 2 is 1.77 bits per heavy atom. The van der Waals surface area contributed by atoms with Gasteiger partial charge in [0.05, 0.1) is 14.2 Å². The number of rotatable bonds is 10. The molecule has 0 aliphatic heterocycles. The average Bonchev–Trinajstić information content (AvgIpc) is 2.65. The highest BCUT2D eigenvalue weighted by atomic mass is 32.2. The Labute approximate surface area is 155 Å². The number of nitrogens with one attached hydrogen (secondary N) is 1. The van der Waals surface area contributed by atoms with Crippen LogP contribution >= 0.6 is 0 Å². The molecule has 1 N–H and O–H groups in total. The van der Waals surface area contributed by atoms with Crippen molar-refractivity contribution < 1.29 is 17.9 Å². The van der Waals surface area contributed by atoms with Crippen LogP contribution in [0.2, 0.25) is 0 Å². The van der Waals surface area contributed by atoms with Gasteiger partial charge in [0.15, 0.2) is 0 Å². The van der Waals surface area contributed by atoms with Gasteiger partial charge in [-0.2, -0.15) is 0 Å². The first-order valence-electron chi connectivity index (χ1n) is 8.40. The molecule has 0 fully saturated rings. The first kappa shape index (κ1) is 20.2. The molecule has 2 aromatic rings. The molecular formula is C19H26N2O4S. The number of ether oxygens (including phenoxy) is 2. The molecule has 2 aromatic carbocycles. The lowest BCUT2D eigenvalue weighted by molar-refractivity contribution is 0.322. The van der Waals surface area contributed by atoms with Crippen LogP contribution in [0, 0.1) is 0 Å². The lowest BCUT2D eigenvalue weighted by Gasteiger charge is -2.17. The van der Waals surface area contributed by atoms with E-state index in [1.165, 1.54) is 25.8 Å². The first-order valence-corrected chi connectivity index (χ1v) is 9.88. The van der Waals surface area contributed by atoms with Crippen LogP contribution in [0.4, 0.5) is 0 Å². The standard InChI is InChI=1S/C19H26N2O4S/c1-21(15-16-8-5-4-6-9-16)13-7-12-20-26(22,23)19-14-17(24-2)10-11-18(19)25-3/h4-6,8-11,14,20H,7,12-13,15H2,1-3H3. The van der Waals surface area contributed by atoms with Gasteiger partial charge in [0, 0.05) is 19.2 Å². The van der Waals surface area contributed by atoms with Crippen LogP contribution in [0.15, 0.2) is 53.4 Å². The third-order valence-corrected chi connectivity index (χ3v) is 5.45. The van der Waals surface area contributed by atoms with Gasteiger partial charge in [0.1, 0.15) is 16.4 Å². The minimum Gasteiger partial charge on any atom is -0.497 e. The van der Waals surface area contributed by atoms with Gasteiger partial charge in [-0.1, -0.05) is 30.3 Å². The molecule has 0 bridgehead atoms. The molecular weight excluding hydrogens is 352 g/mol. The summed E-state index contributed by atoms with van der Waals surface area (Å²) in [6.07, 6.45) is 0.703. The fourth-order valence-corrected chi connectivity index (χ4v) is 3.86. The van der Waals surface area contributed by atoms with Crippen molar-refractivity contribution in [1.82, 2.24) is 9.62 Å². The van der Waals surface area contributed by atoms with E-state index in [2.05, 4.69) is 21.8 Å². The van der Waals surface area contributed by atoms with Crippen LogP contribution in [-0.2, 0) is 16.6 Å². The Morgan fingerprint density at radius 1 is 1.04 bits per heavy atom. The molecule has 0 saturated heterocycles. The smallest absolute Gasteiger partial charge is 0.244 e. The van der Waals surface area contributed by atoms with E-state index in [0.29, 0.717) is 24.5 Å². The van der Waals surface area contributed by atoms with E-state index < -0.39 is 10.0 Å². The normalized spacial score (nSPS) is 11.5. The largest absolute Gasteiger partial charge is 0.497 e. The number of hydrogen-bond donors (Lipinski definition) is 1. The van der Waals surface area contributed by atoms with Crippen molar-refractivity contribution in [3.05, 3.63) is 54.1 Å². The van der Waals surface area contributed by atoms with Gasteiger partial charge in [-0.05, 0) is 37.7 Å². The molecule has 0 saturated carbocycles. The van der Waals surface area contributed by atoms with Gasteiger partial charge in [0.2, 0.25) is 10.0 Å². The first-order chi connectivity index (χ1) is 12.5. The van der Waals surface area contributed by atoms with Gasteiger partial charge in [0.25, 0.3) is 0 Å². The van der Waals surface area contributed by atoms with Crippen molar-refractivity contribution in [2.75, 3.05) is 34.4 Å². The monoisotopic (exact) mass is 378 g/mol. The number of methoxy groups -OCH3 is 2. The number of hydrogen-bond acceptors (Lipinski definition) is 5. The number of sulfonamides is 1. The Hall–Kier alpha value is -2.09. The highest BCUT2D eigenvalue weighted by Crippen LogP contribution is 2.27. The van der Waals surface area contributed by atoms with E-state index in [1.807, 2.05) is 25.2 Å². The van der Waals surface area contributed by atoms with Crippen LogP contribution in [0.25, 0.3) is 0 Å². The molecule has 142 valence electrons. The summed E-state index contributed by atoms with van der Waals surface area (Å²) in [5.74, 6) is 0.758.